The Morgan fingerprint density at radius 3 is 2.85 bits per heavy atom. The zero-order valence-corrected chi connectivity index (χ0v) is 12.8. The summed E-state index contributed by atoms with van der Waals surface area (Å²) in [6, 6.07) is 3.82. The Morgan fingerprint density at radius 1 is 1.35 bits per heavy atom. The van der Waals surface area contributed by atoms with Crippen LogP contribution < -0.4 is 14.8 Å². The average Bonchev–Trinajstić information content (AvgIpc) is 2.64. The van der Waals surface area contributed by atoms with Crippen molar-refractivity contribution < 1.29 is 14.6 Å². The largest absolute Gasteiger partial charge is 0.489 e. The number of benzene rings is 1. The highest BCUT2D eigenvalue weighted by molar-refractivity contribution is 6.32. The maximum Gasteiger partial charge on any atom is 0.179 e. The molecule has 2 rings (SSSR count). The molecule has 1 aromatic rings. The molecule has 0 saturated carbocycles. The summed E-state index contributed by atoms with van der Waals surface area (Å²) < 4.78 is 11.2. The second-order valence-electron chi connectivity index (χ2n) is 5.41. The molecular formula is C15H22ClNO3. The van der Waals surface area contributed by atoms with Crippen molar-refractivity contribution in [3.05, 3.63) is 22.7 Å². The van der Waals surface area contributed by atoms with E-state index in [9.17, 15) is 5.11 Å². The van der Waals surface area contributed by atoms with Crippen molar-refractivity contribution in [2.75, 3.05) is 19.8 Å². The van der Waals surface area contributed by atoms with E-state index in [1.165, 1.54) is 0 Å². The van der Waals surface area contributed by atoms with Crippen molar-refractivity contribution in [1.82, 2.24) is 5.32 Å². The first-order valence-corrected chi connectivity index (χ1v) is 7.41. The molecular weight excluding hydrogens is 278 g/mol. The predicted molar refractivity (Wildman–Crippen MR) is 79.7 cm³/mol. The second kappa shape index (κ2) is 6.66. The first kappa shape index (κ1) is 15.4. The van der Waals surface area contributed by atoms with E-state index in [1.807, 2.05) is 26.0 Å². The van der Waals surface area contributed by atoms with Gasteiger partial charge in [-0.1, -0.05) is 18.5 Å². The zero-order valence-electron chi connectivity index (χ0n) is 12.0. The topological polar surface area (TPSA) is 50.7 Å². The molecule has 1 aliphatic heterocycles. The Labute approximate surface area is 125 Å². The fourth-order valence-electron chi connectivity index (χ4n) is 1.99. The highest BCUT2D eigenvalue weighted by atomic mass is 35.5. The zero-order chi connectivity index (χ0) is 14.6. The van der Waals surface area contributed by atoms with Gasteiger partial charge in [0.15, 0.2) is 11.5 Å². The normalized spacial score (nSPS) is 17.4. The van der Waals surface area contributed by atoms with E-state index in [2.05, 4.69) is 5.32 Å². The van der Waals surface area contributed by atoms with Crippen LogP contribution in [0.2, 0.25) is 5.02 Å². The lowest BCUT2D eigenvalue weighted by Gasteiger charge is -2.21. The van der Waals surface area contributed by atoms with Crippen LogP contribution in [0.4, 0.5) is 0 Å². The fourth-order valence-corrected chi connectivity index (χ4v) is 2.28. The first-order valence-electron chi connectivity index (χ1n) is 7.03. The first-order chi connectivity index (χ1) is 9.52. The standard InChI is InChI=1S/C15H22ClNO3/c1-3-15(2,18)10-17-9-11-7-12(16)14-13(8-11)19-5-4-6-20-14/h7-8,17-18H,3-6,9-10H2,1-2H3. The Morgan fingerprint density at radius 2 is 2.10 bits per heavy atom. The Balaban J connectivity index is 2.02. The van der Waals surface area contributed by atoms with Crippen molar-refractivity contribution in [3.63, 3.8) is 0 Å². The van der Waals surface area contributed by atoms with Crippen LogP contribution in [-0.4, -0.2) is 30.5 Å². The van der Waals surface area contributed by atoms with Gasteiger partial charge in [0.2, 0.25) is 0 Å². The third-order valence-corrected chi connectivity index (χ3v) is 3.74. The molecule has 5 heteroatoms. The van der Waals surface area contributed by atoms with Crippen molar-refractivity contribution in [3.8, 4) is 11.5 Å². The van der Waals surface area contributed by atoms with Crippen LogP contribution in [0.1, 0.15) is 32.3 Å². The minimum atomic E-state index is -0.685. The lowest BCUT2D eigenvalue weighted by atomic mass is 10.0. The maximum absolute atomic E-state index is 9.95. The van der Waals surface area contributed by atoms with E-state index in [-0.39, 0.29) is 0 Å². The maximum atomic E-state index is 9.95. The van der Waals surface area contributed by atoms with Gasteiger partial charge in [0.25, 0.3) is 0 Å². The molecule has 0 bridgehead atoms. The molecule has 0 saturated heterocycles. The second-order valence-corrected chi connectivity index (χ2v) is 5.82. The summed E-state index contributed by atoms with van der Waals surface area (Å²) in [6.45, 7) is 6.23. The van der Waals surface area contributed by atoms with Gasteiger partial charge in [-0.05, 0) is 31.0 Å². The number of rotatable bonds is 5. The van der Waals surface area contributed by atoms with Crippen LogP contribution in [0, 0.1) is 0 Å². The smallest absolute Gasteiger partial charge is 0.179 e. The SMILES string of the molecule is CCC(C)(O)CNCc1cc(Cl)c2c(c1)OCCCO2. The van der Waals surface area contributed by atoms with E-state index < -0.39 is 5.60 Å². The average molecular weight is 300 g/mol. The van der Waals surface area contributed by atoms with Crippen LogP contribution in [0.15, 0.2) is 12.1 Å². The summed E-state index contributed by atoms with van der Waals surface area (Å²) in [5.41, 5.74) is 0.334. The molecule has 1 heterocycles. The van der Waals surface area contributed by atoms with Gasteiger partial charge in [0.05, 0.1) is 23.8 Å². The molecule has 112 valence electrons. The number of halogens is 1. The summed E-state index contributed by atoms with van der Waals surface area (Å²) in [4.78, 5) is 0. The van der Waals surface area contributed by atoms with Gasteiger partial charge in [-0.3, -0.25) is 0 Å². The number of nitrogens with one attached hydrogen (secondary N) is 1. The molecule has 1 aromatic carbocycles. The molecule has 1 atom stereocenters. The van der Waals surface area contributed by atoms with Crippen LogP contribution in [-0.2, 0) is 6.54 Å². The molecule has 0 aromatic heterocycles. The van der Waals surface area contributed by atoms with Gasteiger partial charge in [-0.25, -0.2) is 0 Å². The predicted octanol–water partition coefficient (Wildman–Crippen LogP) is 2.75. The molecule has 1 unspecified atom stereocenters. The van der Waals surface area contributed by atoms with E-state index in [0.29, 0.717) is 49.2 Å². The van der Waals surface area contributed by atoms with E-state index in [1.54, 1.807) is 0 Å². The van der Waals surface area contributed by atoms with Crippen molar-refractivity contribution in [2.45, 2.75) is 38.8 Å². The Hall–Kier alpha value is -0.970. The molecule has 0 fully saturated rings. The highest BCUT2D eigenvalue weighted by Gasteiger charge is 2.18. The van der Waals surface area contributed by atoms with Crippen LogP contribution in [0.25, 0.3) is 0 Å². The van der Waals surface area contributed by atoms with Crippen molar-refractivity contribution in [2.24, 2.45) is 0 Å². The summed E-state index contributed by atoms with van der Waals surface area (Å²) in [7, 11) is 0. The molecule has 0 spiro atoms. The monoisotopic (exact) mass is 299 g/mol. The summed E-state index contributed by atoms with van der Waals surface area (Å²) in [6.07, 6.45) is 1.57. The lowest BCUT2D eigenvalue weighted by molar-refractivity contribution is 0.0555. The van der Waals surface area contributed by atoms with Crippen LogP contribution in [0.5, 0.6) is 11.5 Å². The summed E-state index contributed by atoms with van der Waals surface area (Å²) in [5.74, 6) is 1.34. The third-order valence-electron chi connectivity index (χ3n) is 3.46. The minimum Gasteiger partial charge on any atom is -0.489 e. The minimum absolute atomic E-state index is 0.537. The lowest BCUT2D eigenvalue weighted by Crippen LogP contribution is -2.36. The summed E-state index contributed by atoms with van der Waals surface area (Å²) >= 11 is 6.23. The summed E-state index contributed by atoms with van der Waals surface area (Å²) in [5, 5.41) is 13.8. The van der Waals surface area contributed by atoms with Crippen LogP contribution >= 0.6 is 11.6 Å². The third kappa shape index (κ3) is 4.01. The molecule has 20 heavy (non-hydrogen) atoms. The van der Waals surface area contributed by atoms with Gasteiger partial charge in [0.1, 0.15) is 0 Å². The molecule has 4 nitrogen and oxygen atoms in total. The quantitative estimate of drug-likeness (QED) is 0.878. The van der Waals surface area contributed by atoms with Crippen molar-refractivity contribution in [1.29, 1.82) is 0 Å². The highest BCUT2D eigenvalue weighted by Crippen LogP contribution is 2.37. The molecule has 0 aliphatic carbocycles. The molecule has 0 amide bonds. The van der Waals surface area contributed by atoms with Gasteiger partial charge >= 0.3 is 0 Å². The number of fused-ring (bicyclic) bond motifs is 1. The number of aliphatic hydroxyl groups is 1. The molecule has 1 aliphatic rings. The number of ether oxygens (including phenoxy) is 2. The molecule has 2 N–H and O–H groups in total. The fraction of sp³-hybridized carbons (Fsp3) is 0.600. The number of hydrogen-bond donors (Lipinski definition) is 2. The Kier molecular flexibility index (Phi) is 5.13. The van der Waals surface area contributed by atoms with Crippen LogP contribution in [0.3, 0.4) is 0 Å². The van der Waals surface area contributed by atoms with Gasteiger partial charge in [-0.15, -0.1) is 0 Å². The van der Waals surface area contributed by atoms with Gasteiger partial charge in [0, 0.05) is 19.5 Å². The van der Waals surface area contributed by atoms with Gasteiger partial charge in [-0.2, -0.15) is 0 Å². The van der Waals surface area contributed by atoms with Gasteiger partial charge < -0.3 is 19.9 Å². The van der Waals surface area contributed by atoms with Crippen molar-refractivity contribution >= 4 is 11.6 Å². The number of hydrogen-bond acceptors (Lipinski definition) is 4. The van der Waals surface area contributed by atoms with E-state index in [0.717, 1.165) is 12.0 Å². The van der Waals surface area contributed by atoms with E-state index >= 15 is 0 Å². The Bertz CT molecular complexity index is 463. The molecule has 0 radical (unpaired) electrons. The van der Waals surface area contributed by atoms with E-state index in [4.69, 9.17) is 21.1 Å².